The van der Waals surface area contributed by atoms with Gasteiger partial charge in [0.05, 0.1) is 5.56 Å². The normalized spacial score (nSPS) is 22.6. The van der Waals surface area contributed by atoms with Gasteiger partial charge in [0.25, 0.3) is 5.91 Å². The van der Waals surface area contributed by atoms with E-state index in [0.717, 1.165) is 5.56 Å². The van der Waals surface area contributed by atoms with E-state index in [9.17, 15) is 19.1 Å². The number of likely N-dealkylation sites (tertiary alicyclic amines) is 1. The van der Waals surface area contributed by atoms with Crippen LogP contribution in [0.1, 0.15) is 35.7 Å². The van der Waals surface area contributed by atoms with Gasteiger partial charge in [-0.2, -0.15) is 0 Å². The van der Waals surface area contributed by atoms with E-state index in [1.807, 2.05) is 0 Å². The minimum Gasteiger partial charge on any atom is -0.480 e. The molecular formula is C14H16FNO3. The molecule has 1 aliphatic heterocycles. The highest BCUT2D eigenvalue weighted by molar-refractivity contribution is 5.98. The summed E-state index contributed by atoms with van der Waals surface area (Å²) in [4.78, 5) is 24.9. The van der Waals surface area contributed by atoms with E-state index in [1.54, 1.807) is 13.0 Å². The number of halogens is 1. The van der Waals surface area contributed by atoms with E-state index in [-0.39, 0.29) is 5.56 Å². The summed E-state index contributed by atoms with van der Waals surface area (Å²) < 4.78 is 13.8. The summed E-state index contributed by atoms with van der Waals surface area (Å²) in [5.74, 6) is -2.21. The Morgan fingerprint density at radius 2 is 2.11 bits per heavy atom. The zero-order valence-electron chi connectivity index (χ0n) is 10.9. The van der Waals surface area contributed by atoms with Crippen LogP contribution in [0.2, 0.25) is 0 Å². The molecule has 0 spiro atoms. The van der Waals surface area contributed by atoms with Crippen LogP contribution in [0.5, 0.6) is 0 Å². The van der Waals surface area contributed by atoms with Crippen molar-refractivity contribution in [1.82, 2.24) is 4.90 Å². The first-order chi connectivity index (χ1) is 8.86. The van der Waals surface area contributed by atoms with Crippen LogP contribution in [0.3, 0.4) is 0 Å². The maximum absolute atomic E-state index is 13.8. The van der Waals surface area contributed by atoms with Gasteiger partial charge < -0.3 is 10.0 Å². The summed E-state index contributed by atoms with van der Waals surface area (Å²) in [7, 11) is 0. The summed E-state index contributed by atoms with van der Waals surface area (Å²) in [6.07, 6.45) is 1.00. The predicted molar refractivity (Wildman–Crippen MR) is 67.4 cm³/mol. The Morgan fingerprint density at radius 1 is 1.42 bits per heavy atom. The van der Waals surface area contributed by atoms with Crippen LogP contribution >= 0.6 is 0 Å². The summed E-state index contributed by atoms with van der Waals surface area (Å²) in [6, 6.07) is 4.33. The van der Waals surface area contributed by atoms with Gasteiger partial charge in [0.2, 0.25) is 0 Å². The standard InChI is InChI=1S/C14H16FNO3/c1-9-4-5-10(11(15)8-9)12(17)16-7-3-6-14(16,2)13(18)19/h4-5,8H,3,6-7H2,1-2H3,(H,18,19). The molecule has 1 fully saturated rings. The van der Waals surface area contributed by atoms with E-state index in [0.29, 0.717) is 19.4 Å². The predicted octanol–water partition coefficient (Wildman–Crippen LogP) is 2.21. The molecular weight excluding hydrogens is 249 g/mol. The van der Waals surface area contributed by atoms with E-state index in [2.05, 4.69) is 0 Å². The highest BCUT2D eigenvalue weighted by Crippen LogP contribution is 2.31. The van der Waals surface area contributed by atoms with Crippen molar-refractivity contribution in [2.45, 2.75) is 32.2 Å². The number of carboxylic acid groups (broad SMARTS) is 1. The molecule has 5 heteroatoms. The second-order valence-electron chi connectivity index (χ2n) is 5.12. The Balaban J connectivity index is 2.36. The van der Waals surface area contributed by atoms with Crippen molar-refractivity contribution in [1.29, 1.82) is 0 Å². The molecule has 1 heterocycles. The number of carbonyl (C=O) groups excluding carboxylic acids is 1. The third kappa shape index (κ3) is 2.20. The lowest BCUT2D eigenvalue weighted by atomic mass is 9.98. The van der Waals surface area contributed by atoms with Crippen molar-refractivity contribution in [3.8, 4) is 0 Å². The van der Waals surface area contributed by atoms with Crippen molar-refractivity contribution >= 4 is 11.9 Å². The molecule has 1 unspecified atom stereocenters. The molecule has 0 aromatic heterocycles. The van der Waals surface area contributed by atoms with Crippen LogP contribution in [0.15, 0.2) is 18.2 Å². The molecule has 19 heavy (non-hydrogen) atoms. The average molecular weight is 265 g/mol. The van der Waals surface area contributed by atoms with Crippen molar-refractivity contribution in [2.24, 2.45) is 0 Å². The van der Waals surface area contributed by atoms with Gasteiger partial charge in [-0.3, -0.25) is 4.79 Å². The van der Waals surface area contributed by atoms with Gasteiger partial charge in [-0.15, -0.1) is 0 Å². The van der Waals surface area contributed by atoms with Gasteiger partial charge in [-0.1, -0.05) is 6.07 Å². The third-order valence-electron chi connectivity index (χ3n) is 3.70. The minimum absolute atomic E-state index is 0.0695. The zero-order chi connectivity index (χ0) is 14.2. The Hall–Kier alpha value is -1.91. The van der Waals surface area contributed by atoms with Crippen LogP contribution in [0.4, 0.5) is 4.39 Å². The number of carboxylic acids is 1. The molecule has 0 saturated carbocycles. The largest absolute Gasteiger partial charge is 0.480 e. The number of benzene rings is 1. The Bertz CT molecular complexity index is 543. The average Bonchev–Trinajstić information content (AvgIpc) is 2.72. The SMILES string of the molecule is Cc1ccc(C(=O)N2CCCC2(C)C(=O)O)c(F)c1. The molecule has 0 radical (unpaired) electrons. The first kappa shape index (κ1) is 13.5. The van der Waals surface area contributed by atoms with Crippen LogP contribution in [-0.2, 0) is 4.79 Å². The number of hydrogen-bond acceptors (Lipinski definition) is 2. The molecule has 1 atom stereocenters. The van der Waals surface area contributed by atoms with Gasteiger partial charge in [-0.05, 0) is 44.4 Å². The fraction of sp³-hybridized carbons (Fsp3) is 0.429. The van der Waals surface area contributed by atoms with Gasteiger partial charge in [0.1, 0.15) is 11.4 Å². The molecule has 1 amide bonds. The van der Waals surface area contributed by atoms with E-state index in [1.165, 1.54) is 24.0 Å². The van der Waals surface area contributed by atoms with E-state index < -0.39 is 23.2 Å². The first-order valence-electron chi connectivity index (χ1n) is 6.18. The summed E-state index contributed by atoms with van der Waals surface area (Å²) in [6.45, 7) is 3.58. The number of hydrogen-bond donors (Lipinski definition) is 1. The molecule has 0 bridgehead atoms. The fourth-order valence-electron chi connectivity index (χ4n) is 2.45. The molecule has 0 aliphatic carbocycles. The van der Waals surface area contributed by atoms with Crippen molar-refractivity contribution < 1.29 is 19.1 Å². The summed E-state index contributed by atoms with van der Waals surface area (Å²) in [5.41, 5.74) is -0.592. The van der Waals surface area contributed by atoms with E-state index in [4.69, 9.17) is 0 Å². The molecule has 1 aliphatic rings. The molecule has 2 rings (SSSR count). The lowest BCUT2D eigenvalue weighted by Gasteiger charge is -2.31. The van der Waals surface area contributed by atoms with Crippen molar-refractivity contribution in [3.05, 3.63) is 35.1 Å². The van der Waals surface area contributed by atoms with Crippen molar-refractivity contribution in [3.63, 3.8) is 0 Å². The fourth-order valence-corrected chi connectivity index (χ4v) is 2.45. The maximum atomic E-state index is 13.8. The zero-order valence-corrected chi connectivity index (χ0v) is 10.9. The number of aliphatic carboxylic acids is 1. The number of carbonyl (C=O) groups is 2. The highest BCUT2D eigenvalue weighted by atomic mass is 19.1. The first-order valence-corrected chi connectivity index (χ1v) is 6.18. The van der Waals surface area contributed by atoms with Gasteiger partial charge in [0.15, 0.2) is 0 Å². The topological polar surface area (TPSA) is 57.6 Å². The minimum atomic E-state index is -1.24. The summed E-state index contributed by atoms with van der Waals surface area (Å²) >= 11 is 0. The quantitative estimate of drug-likeness (QED) is 0.892. The molecule has 1 saturated heterocycles. The Labute approximate surface area is 110 Å². The van der Waals surface area contributed by atoms with Crippen LogP contribution in [-0.4, -0.2) is 34.0 Å². The molecule has 1 N–H and O–H groups in total. The van der Waals surface area contributed by atoms with Crippen molar-refractivity contribution in [2.75, 3.05) is 6.54 Å². The smallest absolute Gasteiger partial charge is 0.329 e. The van der Waals surface area contributed by atoms with Crippen LogP contribution in [0, 0.1) is 12.7 Å². The maximum Gasteiger partial charge on any atom is 0.329 e. The molecule has 4 nitrogen and oxygen atoms in total. The van der Waals surface area contributed by atoms with E-state index >= 15 is 0 Å². The van der Waals surface area contributed by atoms with Gasteiger partial charge in [-0.25, -0.2) is 9.18 Å². The van der Waals surface area contributed by atoms with Crippen LogP contribution < -0.4 is 0 Å². The number of nitrogens with zero attached hydrogens (tertiary/aromatic N) is 1. The van der Waals surface area contributed by atoms with Gasteiger partial charge in [0, 0.05) is 6.54 Å². The second-order valence-corrected chi connectivity index (χ2v) is 5.12. The molecule has 1 aromatic rings. The Morgan fingerprint density at radius 3 is 2.68 bits per heavy atom. The Kier molecular flexibility index (Phi) is 3.30. The van der Waals surface area contributed by atoms with Gasteiger partial charge >= 0.3 is 5.97 Å². The molecule has 1 aromatic carbocycles. The van der Waals surface area contributed by atoms with Crippen LogP contribution in [0.25, 0.3) is 0 Å². The summed E-state index contributed by atoms with van der Waals surface area (Å²) in [5, 5.41) is 9.26. The lowest BCUT2D eigenvalue weighted by Crippen LogP contribution is -2.50. The number of amides is 1. The second kappa shape index (κ2) is 4.64. The molecule has 102 valence electrons. The lowest BCUT2D eigenvalue weighted by molar-refractivity contribution is -0.147. The number of rotatable bonds is 2. The highest BCUT2D eigenvalue weighted by Gasteiger charge is 2.46. The third-order valence-corrected chi connectivity index (χ3v) is 3.70. The monoisotopic (exact) mass is 265 g/mol. The number of aryl methyl sites for hydroxylation is 1.